The summed E-state index contributed by atoms with van der Waals surface area (Å²) in [6, 6.07) is 20.9. The second-order valence-electron chi connectivity index (χ2n) is 8.09. The molecule has 0 bridgehead atoms. The molecule has 36 heavy (non-hydrogen) atoms. The monoisotopic (exact) mass is 499 g/mol. The molecule has 1 aliphatic heterocycles. The average molecular weight is 500 g/mol. The highest BCUT2D eigenvalue weighted by Crippen LogP contribution is 2.35. The Labute approximate surface area is 218 Å². The third-order valence-electron chi connectivity index (χ3n) is 6.20. The van der Waals surface area contributed by atoms with Gasteiger partial charge in [-0.25, -0.2) is 9.50 Å². The summed E-state index contributed by atoms with van der Waals surface area (Å²) in [5.74, 6) is 0. The minimum atomic E-state index is 0.750. The summed E-state index contributed by atoms with van der Waals surface area (Å²) < 4.78 is 1.86. The molecule has 1 fully saturated rings. The van der Waals surface area contributed by atoms with Crippen LogP contribution in [-0.2, 0) is 0 Å². The van der Waals surface area contributed by atoms with Gasteiger partial charge in [-0.2, -0.15) is 5.10 Å². The molecular formula is C30H34ClN5. The highest BCUT2D eigenvalue weighted by molar-refractivity contribution is 6.36. The Morgan fingerprint density at radius 2 is 1.44 bits per heavy atom. The van der Waals surface area contributed by atoms with E-state index in [-0.39, 0.29) is 0 Å². The maximum absolute atomic E-state index is 6.42. The van der Waals surface area contributed by atoms with Crippen LogP contribution in [0.4, 0.5) is 5.69 Å². The van der Waals surface area contributed by atoms with Crippen molar-refractivity contribution in [3.05, 3.63) is 84.3 Å². The van der Waals surface area contributed by atoms with E-state index < -0.39 is 0 Å². The van der Waals surface area contributed by atoms with Gasteiger partial charge in [0, 0.05) is 65.8 Å². The van der Waals surface area contributed by atoms with Crippen LogP contribution in [0.1, 0.15) is 27.7 Å². The molecule has 0 aliphatic carbocycles. The van der Waals surface area contributed by atoms with Crippen molar-refractivity contribution in [2.24, 2.45) is 0 Å². The van der Waals surface area contributed by atoms with Gasteiger partial charge in [-0.1, -0.05) is 81.8 Å². The lowest BCUT2D eigenvalue weighted by atomic mass is 10.00. The predicted octanol–water partition coefficient (Wildman–Crippen LogP) is 7.33. The van der Waals surface area contributed by atoms with E-state index in [2.05, 4.69) is 45.6 Å². The predicted molar refractivity (Wildman–Crippen MR) is 154 cm³/mol. The van der Waals surface area contributed by atoms with Crippen LogP contribution in [0.2, 0.25) is 5.02 Å². The Hall–Kier alpha value is -3.41. The average Bonchev–Trinajstić information content (AvgIpc) is 3.39. The minimum Gasteiger partial charge on any atom is -0.369 e. The third kappa shape index (κ3) is 5.08. The van der Waals surface area contributed by atoms with Crippen molar-refractivity contribution in [3.8, 4) is 22.3 Å². The van der Waals surface area contributed by atoms with Gasteiger partial charge in [0.15, 0.2) is 5.65 Å². The lowest BCUT2D eigenvalue weighted by molar-refractivity contribution is 0.589. The van der Waals surface area contributed by atoms with E-state index in [1.807, 2.05) is 81.1 Å². The zero-order valence-corrected chi connectivity index (χ0v) is 22.3. The molecule has 2 aromatic heterocycles. The number of rotatable bonds is 3. The first-order valence-corrected chi connectivity index (χ1v) is 13.2. The molecule has 1 N–H and O–H groups in total. The van der Waals surface area contributed by atoms with Gasteiger partial charge in [0.2, 0.25) is 0 Å². The summed E-state index contributed by atoms with van der Waals surface area (Å²) in [7, 11) is 0. The molecule has 0 atom stereocenters. The topological polar surface area (TPSA) is 45.5 Å². The fourth-order valence-electron chi connectivity index (χ4n) is 4.50. The maximum atomic E-state index is 6.42. The van der Waals surface area contributed by atoms with Gasteiger partial charge in [0.05, 0.1) is 6.20 Å². The zero-order valence-electron chi connectivity index (χ0n) is 21.5. The van der Waals surface area contributed by atoms with E-state index in [1.54, 1.807) is 0 Å². The molecule has 5 aromatic rings. The number of anilines is 1. The molecule has 0 amide bonds. The molecule has 0 radical (unpaired) electrons. The van der Waals surface area contributed by atoms with Crippen LogP contribution in [0.3, 0.4) is 0 Å². The molecular weight excluding hydrogens is 466 g/mol. The van der Waals surface area contributed by atoms with Crippen LogP contribution in [-0.4, -0.2) is 40.8 Å². The number of aromatic nitrogens is 3. The van der Waals surface area contributed by atoms with Crippen molar-refractivity contribution in [1.29, 1.82) is 0 Å². The van der Waals surface area contributed by atoms with Crippen molar-refractivity contribution < 1.29 is 0 Å². The number of fused-ring (bicyclic) bond motifs is 2. The van der Waals surface area contributed by atoms with Crippen LogP contribution in [0.25, 0.3) is 38.7 Å². The van der Waals surface area contributed by atoms with Gasteiger partial charge in [-0.3, -0.25) is 0 Å². The van der Waals surface area contributed by atoms with E-state index in [4.69, 9.17) is 16.6 Å². The highest BCUT2D eigenvalue weighted by Gasteiger charge is 2.14. The van der Waals surface area contributed by atoms with E-state index in [0.29, 0.717) is 0 Å². The number of halogens is 1. The molecule has 3 aromatic carbocycles. The van der Waals surface area contributed by atoms with Crippen LogP contribution in [0.15, 0.2) is 79.3 Å². The summed E-state index contributed by atoms with van der Waals surface area (Å²) in [6.07, 6.45) is 5.86. The Bertz CT molecular complexity index is 1420. The molecule has 3 heterocycles. The quantitative estimate of drug-likeness (QED) is 0.282. The van der Waals surface area contributed by atoms with Crippen molar-refractivity contribution >= 4 is 33.7 Å². The summed E-state index contributed by atoms with van der Waals surface area (Å²) in [5, 5.41) is 10.9. The molecule has 6 heteroatoms. The summed E-state index contributed by atoms with van der Waals surface area (Å²) >= 11 is 6.42. The molecule has 0 unspecified atom stereocenters. The maximum Gasteiger partial charge on any atom is 0.162 e. The largest absolute Gasteiger partial charge is 0.369 e. The first-order chi connectivity index (χ1) is 17.8. The highest BCUT2D eigenvalue weighted by atomic mass is 35.5. The molecule has 6 rings (SSSR count). The standard InChI is InChI=1S/C26H22ClN5.2C2H6/c27-25-10-9-22(21-3-1-2-4-23(21)25)24-16-30-32-17-19(15-29-26(24)32)18-5-7-20(8-6-18)31-13-11-28-12-14-31;2*1-2/h1-10,15-17,28H,11-14H2;2*1-2H3. The summed E-state index contributed by atoms with van der Waals surface area (Å²) in [5.41, 5.74) is 6.35. The number of hydrogen-bond acceptors (Lipinski definition) is 4. The lowest BCUT2D eigenvalue weighted by Gasteiger charge is -2.29. The summed E-state index contributed by atoms with van der Waals surface area (Å²) in [4.78, 5) is 7.20. The molecule has 5 nitrogen and oxygen atoms in total. The van der Waals surface area contributed by atoms with Crippen LogP contribution in [0.5, 0.6) is 0 Å². The number of nitrogens with zero attached hydrogens (tertiary/aromatic N) is 4. The Morgan fingerprint density at radius 3 is 2.17 bits per heavy atom. The number of nitrogens with one attached hydrogen (secondary N) is 1. The van der Waals surface area contributed by atoms with Crippen LogP contribution >= 0.6 is 11.6 Å². The van der Waals surface area contributed by atoms with Crippen molar-refractivity contribution in [1.82, 2.24) is 19.9 Å². The van der Waals surface area contributed by atoms with Crippen molar-refractivity contribution in [2.75, 3.05) is 31.1 Å². The Kier molecular flexibility index (Phi) is 8.57. The second kappa shape index (κ2) is 12.0. The summed E-state index contributed by atoms with van der Waals surface area (Å²) in [6.45, 7) is 12.2. The van der Waals surface area contributed by atoms with Crippen molar-refractivity contribution in [2.45, 2.75) is 27.7 Å². The van der Waals surface area contributed by atoms with Gasteiger partial charge in [0.25, 0.3) is 0 Å². The van der Waals surface area contributed by atoms with Gasteiger partial charge in [-0.15, -0.1) is 0 Å². The van der Waals surface area contributed by atoms with Crippen LogP contribution in [0, 0.1) is 0 Å². The van der Waals surface area contributed by atoms with Gasteiger partial charge < -0.3 is 10.2 Å². The Morgan fingerprint density at radius 1 is 0.750 bits per heavy atom. The Balaban J connectivity index is 0.000000726. The minimum absolute atomic E-state index is 0.750. The number of benzene rings is 3. The molecule has 1 aliphatic rings. The molecule has 0 saturated carbocycles. The van der Waals surface area contributed by atoms with E-state index in [0.717, 1.165) is 69.9 Å². The van der Waals surface area contributed by atoms with Gasteiger partial charge in [0.1, 0.15) is 0 Å². The molecule has 0 spiro atoms. The number of piperazine rings is 1. The number of hydrogen-bond donors (Lipinski definition) is 1. The normalized spacial score (nSPS) is 13.1. The fourth-order valence-corrected chi connectivity index (χ4v) is 4.73. The van der Waals surface area contributed by atoms with Crippen LogP contribution < -0.4 is 10.2 Å². The first kappa shape index (κ1) is 25.7. The molecule has 186 valence electrons. The van der Waals surface area contributed by atoms with Crippen molar-refractivity contribution in [3.63, 3.8) is 0 Å². The van der Waals surface area contributed by atoms with E-state index in [1.165, 1.54) is 5.69 Å². The SMILES string of the molecule is CC.CC.Clc1ccc(-c2cnn3cc(-c4ccc(N5CCNCC5)cc4)cnc23)c2ccccc12. The van der Waals surface area contributed by atoms with E-state index >= 15 is 0 Å². The smallest absolute Gasteiger partial charge is 0.162 e. The zero-order chi connectivity index (χ0) is 25.5. The van der Waals surface area contributed by atoms with Gasteiger partial charge >= 0.3 is 0 Å². The fraction of sp³-hybridized carbons (Fsp3) is 0.267. The van der Waals surface area contributed by atoms with Gasteiger partial charge in [-0.05, 0) is 34.7 Å². The third-order valence-corrected chi connectivity index (χ3v) is 6.53. The molecule has 1 saturated heterocycles. The first-order valence-electron chi connectivity index (χ1n) is 12.8. The van der Waals surface area contributed by atoms with E-state index in [9.17, 15) is 0 Å². The lowest BCUT2D eigenvalue weighted by Crippen LogP contribution is -2.43. The second-order valence-corrected chi connectivity index (χ2v) is 8.50.